The molecule has 0 aromatic heterocycles. The molecular weight excluding hydrogens is 198 g/mol. The maximum absolute atomic E-state index is 11.8. The first kappa shape index (κ1) is 10.1. The number of amides is 1. The van der Waals surface area contributed by atoms with Crippen LogP contribution in [0.4, 0.5) is 0 Å². The van der Waals surface area contributed by atoms with Crippen LogP contribution in [-0.2, 0) is 19.1 Å². The standard InChI is InChI=1S/C10H13NO4/c1-2-15-9(14)10-4-3-8(13)11(10)6-7(12)5-10/h2-6H2,1H3/t10-/m1/s1. The Kier molecular flexibility index (Phi) is 2.25. The number of esters is 1. The van der Waals surface area contributed by atoms with Crippen molar-refractivity contribution in [3.8, 4) is 0 Å². The summed E-state index contributed by atoms with van der Waals surface area (Å²) in [5.74, 6) is -0.605. The molecular formula is C10H13NO4. The number of ether oxygens (including phenoxy) is 1. The fourth-order valence-corrected chi connectivity index (χ4v) is 2.35. The topological polar surface area (TPSA) is 63.7 Å². The monoisotopic (exact) mass is 211 g/mol. The molecule has 2 heterocycles. The van der Waals surface area contributed by atoms with Gasteiger partial charge in [-0.15, -0.1) is 0 Å². The van der Waals surface area contributed by atoms with Gasteiger partial charge in [0.25, 0.3) is 0 Å². The van der Waals surface area contributed by atoms with Gasteiger partial charge in [-0.3, -0.25) is 9.59 Å². The molecule has 2 rings (SSSR count). The highest BCUT2D eigenvalue weighted by Gasteiger charge is 2.57. The zero-order chi connectivity index (χ0) is 11.1. The van der Waals surface area contributed by atoms with Crippen LogP contribution in [0.25, 0.3) is 0 Å². The fourth-order valence-electron chi connectivity index (χ4n) is 2.35. The number of ketones is 1. The van der Waals surface area contributed by atoms with E-state index in [2.05, 4.69) is 0 Å². The van der Waals surface area contributed by atoms with E-state index in [0.29, 0.717) is 12.8 Å². The van der Waals surface area contributed by atoms with Gasteiger partial charge in [0, 0.05) is 12.8 Å². The van der Waals surface area contributed by atoms with E-state index >= 15 is 0 Å². The van der Waals surface area contributed by atoms with E-state index in [-0.39, 0.29) is 31.3 Å². The van der Waals surface area contributed by atoms with Gasteiger partial charge >= 0.3 is 5.97 Å². The molecule has 5 nitrogen and oxygen atoms in total. The van der Waals surface area contributed by atoms with Crippen molar-refractivity contribution in [2.75, 3.05) is 13.2 Å². The highest BCUT2D eigenvalue weighted by Crippen LogP contribution is 2.39. The van der Waals surface area contributed by atoms with Crippen LogP contribution < -0.4 is 0 Å². The van der Waals surface area contributed by atoms with Crippen molar-refractivity contribution < 1.29 is 19.1 Å². The van der Waals surface area contributed by atoms with E-state index < -0.39 is 11.5 Å². The van der Waals surface area contributed by atoms with Gasteiger partial charge in [0.05, 0.1) is 13.2 Å². The predicted molar refractivity (Wildman–Crippen MR) is 49.9 cm³/mol. The van der Waals surface area contributed by atoms with E-state index in [9.17, 15) is 14.4 Å². The summed E-state index contributed by atoms with van der Waals surface area (Å²) < 4.78 is 4.94. The SMILES string of the molecule is CCOC(=O)[C@]12CCC(=O)N1CC(=O)C2. The largest absolute Gasteiger partial charge is 0.464 e. The number of carbonyl (C=O) groups excluding carboxylic acids is 3. The zero-order valence-electron chi connectivity index (χ0n) is 8.62. The van der Waals surface area contributed by atoms with Crippen molar-refractivity contribution in [3.05, 3.63) is 0 Å². The number of Topliss-reactive ketones (excluding diaryl/α,β-unsaturated/α-hetero) is 1. The van der Waals surface area contributed by atoms with E-state index in [1.54, 1.807) is 6.92 Å². The summed E-state index contributed by atoms with van der Waals surface area (Å²) in [7, 11) is 0. The van der Waals surface area contributed by atoms with Gasteiger partial charge in [0.15, 0.2) is 5.78 Å². The molecule has 82 valence electrons. The van der Waals surface area contributed by atoms with E-state index in [1.807, 2.05) is 0 Å². The molecule has 0 radical (unpaired) electrons. The summed E-state index contributed by atoms with van der Waals surface area (Å²) in [6.07, 6.45) is 0.875. The summed E-state index contributed by atoms with van der Waals surface area (Å²) in [6.45, 7) is 2.06. The Labute approximate surface area is 87.4 Å². The number of rotatable bonds is 2. The van der Waals surface area contributed by atoms with E-state index in [4.69, 9.17) is 4.74 Å². The molecule has 2 aliphatic heterocycles. The van der Waals surface area contributed by atoms with Crippen molar-refractivity contribution in [1.82, 2.24) is 4.90 Å². The number of hydrogen-bond donors (Lipinski definition) is 0. The van der Waals surface area contributed by atoms with E-state index in [1.165, 1.54) is 4.90 Å². The number of nitrogens with zero attached hydrogens (tertiary/aromatic N) is 1. The van der Waals surface area contributed by atoms with Gasteiger partial charge in [-0.05, 0) is 13.3 Å². The third-order valence-corrected chi connectivity index (χ3v) is 3.05. The van der Waals surface area contributed by atoms with Crippen LogP contribution in [-0.4, -0.2) is 41.3 Å². The fraction of sp³-hybridized carbons (Fsp3) is 0.700. The van der Waals surface area contributed by atoms with Crippen LogP contribution in [0.15, 0.2) is 0 Å². The van der Waals surface area contributed by atoms with Gasteiger partial charge in [0.2, 0.25) is 5.91 Å². The van der Waals surface area contributed by atoms with Crippen molar-refractivity contribution in [1.29, 1.82) is 0 Å². The minimum atomic E-state index is -0.968. The average molecular weight is 211 g/mol. The van der Waals surface area contributed by atoms with Gasteiger partial charge in [-0.1, -0.05) is 0 Å². The van der Waals surface area contributed by atoms with Crippen LogP contribution in [0.3, 0.4) is 0 Å². The molecule has 0 aromatic rings. The second-order valence-corrected chi connectivity index (χ2v) is 3.95. The highest BCUT2D eigenvalue weighted by atomic mass is 16.5. The van der Waals surface area contributed by atoms with Crippen LogP contribution in [0.1, 0.15) is 26.2 Å². The van der Waals surface area contributed by atoms with Crippen molar-refractivity contribution in [2.45, 2.75) is 31.7 Å². The Morgan fingerprint density at radius 3 is 2.93 bits per heavy atom. The lowest BCUT2D eigenvalue weighted by Crippen LogP contribution is -2.48. The maximum Gasteiger partial charge on any atom is 0.332 e. The smallest absolute Gasteiger partial charge is 0.332 e. The number of hydrogen-bond acceptors (Lipinski definition) is 4. The average Bonchev–Trinajstić information content (AvgIpc) is 2.66. The molecule has 1 amide bonds. The van der Waals surface area contributed by atoms with Gasteiger partial charge in [0.1, 0.15) is 5.54 Å². The number of carbonyl (C=O) groups is 3. The van der Waals surface area contributed by atoms with Crippen LogP contribution in [0.2, 0.25) is 0 Å². The summed E-state index contributed by atoms with van der Waals surface area (Å²) in [5.41, 5.74) is -0.968. The predicted octanol–water partition coefficient (Wildman–Crippen LogP) is -0.117. The molecule has 0 unspecified atom stereocenters. The first-order valence-corrected chi connectivity index (χ1v) is 5.09. The second-order valence-electron chi connectivity index (χ2n) is 3.95. The maximum atomic E-state index is 11.8. The molecule has 0 bridgehead atoms. The van der Waals surface area contributed by atoms with Crippen molar-refractivity contribution >= 4 is 17.7 Å². The van der Waals surface area contributed by atoms with Crippen molar-refractivity contribution in [2.24, 2.45) is 0 Å². The summed E-state index contributed by atoms with van der Waals surface area (Å²) in [6, 6.07) is 0. The third kappa shape index (κ3) is 1.33. The Hall–Kier alpha value is -1.39. The Bertz CT molecular complexity index is 338. The molecule has 0 aliphatic carbocycles. The normalized spacial score (nSPS) is 29.5. The summed E-state index contributed by atoms with van der Waals surface area (Å²) in [5, 5.41) is 0. The lowest BCUT2D eigenvalue weighted by atomic mass is 9.94. The van der Waals surface area contributed by atoms with Crippen LogP contribution >= 0.6 is 0 Å². The molecule has 1 atom stereocenters. The molecule has 0 saturated carbocycles. The molecule has 2 aliphatic rings. The first-order chi connectivity index (χ1) is 7.10. The lowest BCUT2D eigenvalue weighted by Gasteiger charge is -2.27. The summed E-state index contributed by atoms with van der Waals surface area (Å²) >= 11 is 0. The quantitative estimate of drug-likeness (QED) is 0.597. The Balaban J connectivity index is 2.28. The van der Waals surface area contributed by atoms with Crippen LogP contribution in [0.5, 0.6) is 0 Å². The molecule has 15 heavy (non-hydrogen) atoms. The number of fused-ring (bicyclic) bond motifs is 1. The van der Waals surface area contributed by atoms with Gasteiger partial charge < -0.3 is 9.64 Å². The molecule has 2 saturated heterocycles. The molecule has 0 N–H and O–H groups in total. The summed E-state index contributed by atoms with van der Waals surface area (Å²) in [4.78, 5) is 35.9. The highest BCUT2D eigenvalue weighted by molar-refractivity contribution is 6.02. The Morgan fingerprint density at radius 2 is 2.27 bits per heavy atom. The first-order valence-electron chi connectivity index (χ1n) is 5.09. The van der Waals surface area contributed by atoms with Gasteiger partial charge in [-0.25, -0.2) is 4.79 Å². The lowest BCUT2D eigenvalue weighted by molar-refractivity contribution is -0.157. The Morgan fingerprint density at radius 1 is 1.53 bits per heavy atom. The van der Waals surface area contributed by atoms with Gasteiger partial charge in [-0.2, -0.15) is 0 Å². The molecule has 2 fully saturated rings. The zero-order valence-corrected chi connectivity index (χ0v) is 8.62. The molecule has 5 heteroatoms. The second kappa shape index (κ2) is 3.32. The third-order valence-electron chi connectivity index (χ3n) is 3.05. The van der Waals surface area contributed by atoms with Crippen LogP contribution in [0, 0.1) is 0 Å². The molecule has 0 aromatic carbocycles. The van der Waals surface area contributed by atoms with Crippen molar-refractivity contribution in [3.63, 3.8) is 0 Å². The molecule has 0 spiro atoms. The minimum Gasteiger partial charge on any atom is -0.464 e. The minimum absolute atomic E-state index is 0.0592. The van der Waals surface area contributed by atoms with E-state index in [0.717, 1.165) is 0 Å².